The number of nitrogens with one attached hydrogen (secondary N) is 2. The number of rotatable bonds is 8. The lowest BCUT2D eigenvalue weighted by Crippen LogP contribution is -2.45. The standard InChI is InChI=1S/C24H30N2O6S/c1-7-31-22(29)18-14(2)19(16-11-9-8-10-12-16)33-20(18)26-17(27)13-32-21(28)15(3)25-23(30)24(4,5)6/h8-12,15H,7,13H2,1-6H3,(H,25,30)(H,26,27). The second-order valence-corrected chi connectivity index (χ2v) is 9.47. The van der Waals surface area contributed by atoms with Crippen LogP contribution in [0.25, 0.3) is 10.4 Å². The third-order valence-corrected chi connectivity index (χ3v) is 5.90. The molecule has 1 atom stereocenters. The number of hydrogen-bond acceptors (Lipinski definition) is 7. The number of thiophene rings is 1. The van der Waals surface area contributed by atoms with Crippen molar-refractivity contribution in [1.82, 2.24) is 5.32 Å². The molecule has 1 unspecified atom stereocenters. The minimum Gasteiger partial charge on any atom is -0.462 e. The van der Waals surface area contributed by atoms with Crippen LogP contribution in [-0.4, -0.2) is 43.0 Å². The van der Waals surface area contributed by atoms with Crippen molar-refractivity contribution in [1.29, 1.82) is 0 Å². The van der Waals surface area contributed by atoms with Crippen LogP contribution >= 0.6 is 11.3 Å². The van der Waals surface area contributed by atoms with E-state index in [-0.39, 0.29) is 18.1 Å². The maximum atomic E-state index is 12.6. The fraction of sp³-hybridized carbons (Fsp3) is 0.417. The second-order valence-electron chi connectivity index (χ2n) is 8.45. The summed E-state index contributed by atoms with van der Waals surface area (Å²) in [6.07, 6.45) is 0. The van der Waals surface area contributed by atoms with Gasteiger partial charge in [-0.1, -0.05) is 51.1 Å². The van der Waals surface area contributed by atoms with E-state index in [1.165, 1.54) is 18.3 Å². The van der Waals surface area contributed by atoms with Gasteiger partial charge in [-0.05, 0) is 31.9 Å². The quantitative estimate of drug-likeness (QED) is 0.561. The third kappa shape index (κ3) is 6.89. The summed E-state index contributed by atoms with van der Waals surface area (Å²) in [5.41, 5.74) is 1.20. The molecule has 0 aliphatic carbocycles. The van der Waals surface area contributed by atoms with Gasteiger partial charge in [0.25, 0.3) is 5.91 Å². The van der Waals surface area contributed by atoms with Crippen molar-refractivity contribution < 1.29 is 28.7 Å². The number of carbonyl (C=O) groups excluding carboxylic acids is 4. The minimum atomic E-state index is -0.909. The zero-order valence-corrected chi connectivity index (χ0v) is 20.6. The van der Waals surface area contributed by atoms with Crippen LogP contribution in [0.3, 0.4) is 0 Å². The van der Waals surface area contributed by atoms with Gasteiger partial charge in [0.15, 0.2) is 6.61 Å². The summed E-state index contributed by atoms with van der Waals surface area (Å²) in [7, 11) is 0. The lowest BCUT2D eigenvalue weighted by atomic mass is 9.95. The number of esters is 2. The number of benzene rings is 1. The fourth-order valence-corrected chi connectivity index (χ4v) is 4.03. The fourth-order valence-electron chi connectivity index (χ4n) is 2.81. The van der Waals surface area contributed by atoms with Crippen molar-refractivity contribution >= 4 is 40.1 Å². The van der Waals surface area contributed by atoms with Crippen LogP contribution in [0, 0.1) is 12.3 Å². The molecule has 1 aromatic heterocycles. The second kappa shape index (κ2) is 11.1. The van der Waals surface area contributed by atoms with E-state index in [2.05, 4.69) is 10.6 Å². The van der Waals surface area contributed by atoms with Crippen LogP contribution in [0.5, 0.6) is 0 Å². The Labute approximate surface area is 197 Å². The molecule has 9 heteroatoms. The number of anilines is 1. The Morgan fingerprint density at radius 1 is 1.06 bits per heavy atom. The Balaban J connectivity index is 2.12. The van der Waals surface area contributed by atoms with E-state index >= 15 is 0 Å². The first kappa shape index (κ1) is 26.1. The highest BCUT2D eigenvalue weighted by molar-refractivity contribution is 7.20. The molecule has 0 bridgehead atoms. The summed E-state index contributed by atoms with van der Waals surface area (Å²) in [4.78, 5) is 50.1. The van der Waals surface area contributed by atoms with Gasteiger partial charge in [-0.25, -0.2) is 9.59 Å². The van der Waals surface area contributed by atoms with Gasteiger partial charge in [-0.15, -0.1) is 11.3 Å². The van der Waals surface area contributed by atoms with Crippen molar-refractivity contribution in [2.75, 3.05) is 18.5 Å². The summed E-state index contributed by atoms with van der Waals surface area (Å²) in [6, 6.07) is 8.57. The molecule has 2 rings (SSSR count). The van der Waals surface area contributed by atoms with Gasteiger partial charge in [0.2, 0.25) is 5.91 Å². The van der Waals surface area contributed by atoms with Gasteiger partial charge in [-0.3, -0.25) is 9.59 Å². The van der Waals surface area contributed by atoms with Gasteiger partial charge in [0, 0.05) is 10.3 Å². The van der Waals surface area contributed by atoms with Crippen LogP contribution in [0.1, 0.15) is 50.5 Å². The van der Waals surface area contributed by atoms with Crippen LogP contribution in [0.4, 0.5) is 5.00 Å². The molecule has 1 aromatic carbocycles. The first-order chi connectivity index (χ1) is 15.5. The van der Waals surface area contributed by atoms with Crippen LogP contribution < -0.4 is 10.6 Å². The summed E-state index contributed by atoms with van der Waals surface area (Å²) >= 11 is 1.24. The molecule has 0 spiro atoms. The first-order valence-corrected chi connectivity index (χ1v) is 11.4. The monoisotopic (exact) mass is 474 g/mol. The Kier molecular flexibility index (Phi) is 8.76. The van der Waals surface area contributed by atoms with Gasteiger partial charge in [0.05, 0.1) is 12.2 Å². The van der Waals surface area contributed by atoms with Crippen LogP contribution in [-0.2, 0) is 23.9 Å². The predicted octanol–water partition coefficient (Wildman–Crippen LogP) is 3.93. The largest absolute Gasteiger partial charge is 0.462 e. The minimum absolute atomic E-state index is 0.192. The molecule has 2 N–H and O–H groups in total. The van der Waals surface area contributed by atoms with Gasteiger partial charge in [0.1, 0.15) is 11.0 Å². The molecular formula is C24H30N2O6S. The van der Waals surface area contributed by atoms with Crippen molar-refractivity contribution in [3.8, 4) is 10.4 Å². The van der Waals surface area contributed by atoms with E-state index < -0.39 is 35.9 Å². The molecule has 0 aliphatic rings. The highest BCUT2D eigenvalue weighted by Crippen LogP contribution is 2.40. The van der Waals surface area contributed by atoms with E-state index in [1.54, 1.807) is 34.6 Å². The SMILES string of the molecule is CCOC(=O)c1c(NC(=O)COC(=O)C(C)NC(=O)C(C)(C)C)sc(-c2ccccc2)c1C. The summed E-state index contributed by atoms with van der Waals surface area (Å²) in [5.74, 6) is -2.19. The zero-order chi connectivity index (χ0) is 24.8. The van der Waals surface area contributed by atoms with E-state index in [1.807, 2.05) is 30.3 Å². The maximum absolute atomic E-state index is 12.6. The van der Waals surface area contributed by atoms with Crippen molar-refractivity contribution in [3.63, 3.8) is 0 Å². The Morgan fingerprint density at radius 2 is 1.70 bits per heavy atom. The highest BCUT2D eigenvalue weighted by atomic mass is 32.1. The number of carbonyl (C=O) groups is 4. The van der Waals surface area contributed by atoms with Crippen LogP contribution in [0.15, 0.2) is 30.3 Å². The molecule has 178 valence electrons. The number of amides is 2. The van der Waals surface area contributed by atoms with E-state index in [0.717, 1.165) is 10.4 Å². The Hall–Kier alpha value is -3.20. The highest BCUT2D eigenvalue weighted by Gasteiger charge is 2.27. The lowest BCUT2D eigenvalue weighted by molar-refractivity contribution is -0.150. The molecular weight excluding hydrogens is 444 g/mol. The molecule has 0 aliphatic heterocycles. The normalized spacial score (nSPS) is 11.9. The molecule has 2 amide bonds. The molecule has 2 aromatic rings. The summed E-state index contributed by atoms with van der Waals surface area (Å²) in [6.45, 7) is 9.78. The zero-order valence-electron chi connectivity index (χ0n) is 19.7. The van der Waals surface area contributed by atoms with Crippen LogP contribution in [0.2, 0.25) is 0 Å². The summed E-state index contributed by atoms with van der Waals surface area (Å²) < 4.78 is 10.2. The Bertz CT molecular complexity index is 1020. The average molecular weight is 475 g/mol. The maximum Gasteiger partial charge on any atom is 0.341 e. The van der Waals surface area contributed by atoms with E-state index in [4.69, 9.17) is 9.47 Å². The first-order valence-electron chi connectivity index (χ1n) is 10.6. The smallest absolute Gasteiger partial charge is 0.341 e. The third-order valence-electron chi connectivity index (χ3n) is 4.64. The van der Waals surface area contributed by atoms with Crippen molar-refractivity contribution in [2.45, 2.75) is 47.6 Å². The van der Waals surface area contributed by atoms with Crippen molar-refractivity contribution in [3.05, 3.63) is 41.5 Å². The van der Waals surface area contributed by atoms with Gasteiger partial charge >= 0.3 is 11.9 Å². The predicted molar refractivity (Wildman–Crippen MR) is 127 cm³/mol. The lowest BCUT2D eigenvalue weighted by Gasteiger charge is -2.20. The van der Waals surface area contributed by atoms with Gasteiger partial charge < -0.3 is 20.1 Å². The molecule has 0 saturated carbocycles. The Morgan fingerprint density at radius 3 is 2.27 bits per heavy atom. The summed E-state index contributed by atoms with van der Waals surface area (Å²) in [5, 5.41) is 5.53. The number of ether oxygens (including phenoxy) is 2. The molecule has 0 saturated heterocycles. The topological polar surface area (TPSA) is 111 Å². The van der Waals surface area contributed by atoms with Gasteiger partial charge in [-0.2, -0.15) is 0 Å². The van der Waals surface area contributed by atoms with E-state index in [9.17, 15) is 19.2 Å². The molecule has 8 nitrogen and oxygen atoms in total. The average Bonchev–Trinajstić information content (AvgIpc) is 3.07. The molecule has 33 heavy (non-hydrogen) atoms. The van der Waals surface area contributed by atoms with E-state index in [0.29, 0.717) is 10.6 Å². The molecule has 1 heterocycles. The number of hydrogen-bond donors (Lipinski definition) is 2. The molecule has 0 radical (unpaired) electrons. The molecule has 0 fully saturated rings. The van der Waals surface area contributed by atoms with Crippen molar-refractivity contribution in [2.24, 2.45) is 5.41 Å².